The lowest BCUT2D eigenvalue weighted by molar-refractivity contribution is 0.123. The summed E-state index contributed by atoms with van der Waals surface area (Å²) in [5.41, 5.74) is 6.21. The van der Waals surface area contributed by atoms with Gasteiger partial charge < -0.3 is 15.0 Å². The summed E-state index contributed by atoms with van der Waals surface area (Å²) in [6.07, 6.45) is 1.80. The van der Waals surface area contributed by atoms with Crippen LogP contribution in [0, 0.1) is 13.8 Å². The van der Waals surface area contributed by atoms with E-state index in [-0.39, 0.29) is 0 Å². The first kappa shape index (κ1) is 17.8. The Hall–Kier alpha value is -1.96. The molecule has 2 aromatic rings. The second-order valence-electron chi connectivity index (χ2n) is 5.92. The average Bonchev–Trinajstić information content (AvgIpc) is 3.08. The monoisotopic (exact) mass is 374 g/mol. The topological polar surface area (TPSA) is 48.9 Å². The van der Waals surface area contributed by atoms with Gasteiger partial charge in [-0.3, -0.25) is 5.43 Å². The molecule has 2 N–H and O–H groups in total. The number of anilines is 2. The van der Waals surface area contributed by atoms with E-state index in [9.17, 15) is 0 Å². The molecule has 25 heavy (non-hydrogen) atoms. The lowest BCUT2D eigenvalue weighted by Gasteiger charge is -2.27. The summed E-state index contributed by atoms with van der Waals surface area (Å²) in [4.78, 5) is 3.43. The molecule has 0 aliphatic carbocycles. The van der Waals surface area contributed by atoms with Crippen LogP contribution in [0.1, 0.15) is 16.0 Å². The number of hydrogen-bond acceptors (Lipinski definition) is 5. The van der Waals surface area contributed by atoms with Crippen molar-refractivity contribution in [3.8, 4) is 0 Å². The van der Waals surface area contributed by atoms with Crippen molar-refractivity contribution in [2.45, 2.75) is 13.8 Å². The van der Waals surface area contributed by atoms with E-state index in [1.807, 2.05) is 6.92 Å². The maximum atomic E-state index is 5.39. The summed E-state index contributed by atoms with van der Waals surface area (Å²) in [7, 11) is 0. The fraction of sp³-hybridized carbons (Fsp3) is 0.333. The smallest absolute Gasteiger partial charge is 0.191 e. The highest BCUT2D eigenvalue weighted by molar-refractivity contribution is 7.80. The zero-order valence-electron chi connectivity index (χ0n) is 14.4. The zero-order valence-corrected chi connectivity index (χ0v) is 16.0. The number of thiophene rings is 1. The quantitative estimate of drug-likeness (QED) is 0.487. The minimum atomic E-state index is 0.481. The Kier molecular flexibility index (Phi) is 6.01. The van der Waals surface area contributed by atoms with Crippen LogP contribution in [-0.2, 0) is 4.74 Å². The summed E-state index contributed by atoms with van der Waals surface area (Å²) in [5.74, 6) is 0. The number of morpholine rings is 1. The maximum absolute atomic E-state index is 5.39. The molecule has 1 aromatic heterocycles. The van der Waals surface area contributed by atoms with Crippen LogP contribution in [0.3, 0.4) is 0 Å². The van der Waals surface area contributed by atoms with Gasteiger partial charge in [-0.2, -0.15) is 5.10 Å². The van der Waals surface area contributed by atoms with Crippen LogP contribution < -0.4 is 15.6 Å². The minimum Gasteiger partial charge on any atom is -0.378 e. The highest BCUT2D eigenvalue weighted by Gasteiger charge is 2.12. The van der Waals surface area contributed by atoms with Gasteiger partial charge in [0.15, 0.2) is 5.11 Å². The van der Waals surface area contributed by atoms with Crippen molar-refractivity contribution in [3.63, 3.8) is 0 Å². The van der Waals surface area contributed by atoms with E-state index in [1.165, 1.54) is 10.6 Å². The highest BCUT2D eigenvalue weighted by Crippen LogP contribution is 2.25. The van der Waals surface area contributed by atoms with E-state index in [1.54, 1.807) is 17.6 Å². The molecule has 3 rings (SSSR count). The molecule has 2 heterocycles. The maximum Gasteiger partial charge on any atom is 0.191 e. The lowest BCUT2D eigenvalue weighted by Crippen LogP contribution is -2.35. The number of nitrogens with zero attached hydrogens (tertiary/aromatic N) is 2. The molecular formula is C18H22N4OS2. The molecule has 1 aliphatic rings. The van der Waals surface area contributed by atoms with E-state index in [0.29, 0.717) is 5.11 Å². The largest absolute Gasteiger partial charge is 0.378 e. The van der Waals surface area contributed by atoms with Crippen LogP contribution >= 0.6 is 23.6 Å². The van der Waals surface area contributed by atoms with Gasteiger partial charge >= 0.3 is 0 Å². The summed E-state index contributed by atoms with van der Waals surface area (Å²) in [5, 5.41) is 9.15. The zero-order chi connectivity index (χ0) is 17.6. The van der Waals surface area contributed by atoms with Crippen molar-refractivity contribution < 1.29 is 4.74 Å². The number of hydrazone groups is 1. The molecule has 0 unspecified atom stereocenters. The van der Waals surface area contributed by atoms with Crippen LogP contribution in [0.5, 0.6) is 0 Å². The molecule has 0 radical (unpaired) electrons. The summed E-state index contributed by atoms with van der Waals surface area (Å²) < 4.78 is 5.39. The predicted molar refractivity (Wildman–Crippen MR) is 110 cm³/mol. The lowest BCUT2D eigenvalue weighted by atomic mass is 10.1. The van der Waals surface area contributed by atoms with Crippen molar-refractivity contribution in [1.82, 2.24) is 5.43 Å². The number of thiocarbonyl (C=S) groups is 1. The van der Waals surface area contributed by atoms with Gasteiger partial charge in [0.05, 0.1) is 24.4 Å². The molecular weight excluding hydrogens is 352 g/mol. The molecule has 5 nitrogen and oxygen atoms in total. The molecule has 7 heteroatoms. The van der Waals surface area contributed by atoms with E-state index in [0.717, 1.165) is 42.4 Å². The average molecular weight is 375 g/mol. The number of rotatable bonds is 4. The first-order chi connectivity index (χ1) is 12.1. The number of benzene rings is 1. The van der Waals surface area contributed by atoms with Gasteiger partial charge in [-0.1, -0.05) is 12.1 Å². The van der Waals surface area contributed by atoms with E-state index >= 15 is 0 Å². The molecule has 1 saturated heterocycles. The van der Waals surface area contributed by atoms with Gasteiger partial charge in [0.2, 0.25) is 0 Å². The Bertz CT molecular complexity index is 766. The van der Waals surface area contributed by atoms with Gasteiger partial charge in [-0.25, -0.2) is 0 Å². The number of hydrogen-bond donors (Lipinski definition) is 2. The molecule has 1 aromatic carbocycles. The fourth-order valence-corrected chi connectivity index (χ4v) is 3.63. The normalized spacial score (nSPS) is 14.7. The Morgan fingerprint density at radius 3 is 2.84 bits per heavy atom. The molecule has 0 saturated carbocycles. The van der Waals surface area contributed by atoms with Crippen molar-refractivity contribution >= 4 is 45.6 Å². The van der Waals surface area contributed by atoms with Crippen LogP contribution in [-0.4, -0.2) is 37.6 Å². The SMILES string of the molecule is Cc1ccc(C)c(NC(=S)N/N=C/c2ccc(N3CCOCC3)s2)c1. The fourth-order valence-electron chi connectivity index (χ4n) is 2.54. The highest BCUT2D eigenvalue weighted by atomic mass is 32.1. The van der Waals surface area contributed by atoms with Crippen LogP contribution in [0.15, 0.2) is 35.4 Å². The minimum absolute atomic E-state index is 0.481. The van der Waals surface area contributed by atoms with Gasteiger partial charge in [-0.15, -0.1) is 11.3 Å². The molecule has 0 atom stereocenters. The van der Waals surface area contributed by atoms with Gasteiger partial charge in [0.1, 0.15) is 0 Å². The van der Waals surface area contributed by atoms with Crippen LogP contribution in [0.4, 0.5) is 10.7 Å². The van der Waals surface area contributed by atoms with Crippen LogP contribution in [0.25, 0.3) is 0 Å². The predicted octanol–water partition coefficient (Wildman–Crippen LogP) is 3.52. The Morgan fingerprint density at radius 2 is 2.04 bits per heavy atom. The van der Waals surface area contributed by atoms with Gasteiger partial charge in [0.25, 0.3) is 0 Å². The number of nitrogens with one attached hydrogen (secondary N) is 2. The Morgan fingerprint density at radius 1 is 1.24 bits per heavy atom. The molecule has 0 spiro atoms. The summed E-state index contributed by atoms with van der Waals surface area (Å²) in [6.45, 7) is 7.58. The summed E-state index contributed by atoms with van der Waals surface area (Å²) in [6, 6.07) is 10.4. The molecule has 132 valence electrons. The van der Waals surface area contributed by atoms with Crippen molar-refractivity contribution in [1.29, 1.82) is 0 Å². The van der Waals surface area contributed by atoms with Crippen LogP contribution in [0.2, 0.25) is 0 Å². The van der Waals surface area contributed by atoms with Crippen molar-refractivity contribution in [2.75, 3.05) is 36.5 Å². The van der Waals surface area contributed by atoms with E-state index in [4.69, 9.17) is 17.0 Å². The van der Waals surface area contributed by atoms with Crippen molar-refractivity contribution in [2.24, 2.45) is 5.10 Å². The third-order valence-electron chi connectivity index (χ3n) is 3.93. The second kappa shape index (κ2) is 8.42. The van der Waals surface area contributed by atoms with E-state index in [2.05, 4.69) is 58.0 Å². The molecule has 1 aliphatic heterocycles. The second-order valence-corrected chi connectivity index (χ2v) is 7.42. The third-order valence-corrected chi connectivity index (χ3v) is 5.21. The first-order valence-corrected chi connectivity index (χ1v) is 9.44. The molecule has 0 amide bonds. The van der Waals surface area contributed by atoms with Crippen molar-refractivity contribution in [3.05, 3.63) is 46.3 Å². The number of aryl methyl sites for hydroxylation is 2. The van der Waals surface area contributed by atoms with Gasteiger partial charge in [-0.05, 0) is 55.4 Å². The summed E-state index contributed by atoms with van der Waals surface area (Å²) >= 11 is 7.02. The molecule has 1 fully saturated rings. The number of ether oxygens (including phenoxy) is 1. The van der Waals surface area contributed by atoms with Gasteiger partial charge in [0, 0.05) is 23.7 Å². The Labute approximate surface area is 157 Å². The third kappa shape index (κ3) is 5.01. The standard InChI is InChI=1S/C18H22N4OS2/c1-13-3-4-14(2)16(11-13)20-18(24)21-19-12-15-5-6-17(25-15)22-7-9-23-10-8-22/h3-6,11-12H,7-10H2,1-2H3,(H2,20,21,24)/b19-12+. The molecule has 0 bridgehead atoms. The first-order valence-electron chi connectivity index (χ1n) is 8.21. The van der Waals surface area contributed by atoms with E-state index < -0.39 is 0 Å². The Balaban J connectivity index is 1.53.